The van der Waals surface area contributed by atoms with E-state index in [1.807, 2.05) is 0 Å². The SMILES string of the molecule is CC1=C(Cl)N=C(F)N(c2nc(F)nc(C)c2F)C1. The molecule has 18 heavy (non-hydrogen) atoms. The fourth-order valence-electron chi connectivity index (χ4n) is 1.46. The van der Waals surface area contributed by atoms with Crippen molar-refractivity contribution < 1.29 is 13.2 Å². The first kappa shape index (κ1) is 12.8. The van der Waals surface area contributed by atoms with E-state index in [0.717, 1.165) is 4.90 Å². The van der Waals surface area contributed by atoms with Gasteiger partial charge in [0.2, 0.25) is 0 Å². The first-order valence-corrected chi connectivity index (χ1v) is 5.34. The second kappa shape index (κ2) is 4.56. The van der Waals surface area contributed by atoms with Crippen molar-refractivity contribution in [3.05, 3.63) is 28.3 Å². The van der Waals surface area contributed by atoms with Gasteiger partial charge in [0.15, 0.2) is 11.6 Å². The van der Waals surface area contributed by atoms with E-state index >= 15 is 0 Å². The van der Waals surface area contributed by atoms with Crippen molar-refractivity contribution in [1.82, 2.24) is 9.97 Å². The third-order valence-electron chi connectivity index (χ3n) is 2.39. The molecule has 2 heterocycles. The highest BCUT2D eigenvalue weighted by molar-refractivity contribution is 6.30. The van der Waals surface area contributed by atoms with Crippen molar-refractivity contribution >= 4 is 23.5 Å². The van der Waals surface area contributed by atoms with Gasteiger partial charge in [-0.15, -0.1) is 0 Å². The molecule has 0 aromatic carbocycles. The molecule has 0 fully saturated rings. The number of amidine groups is 1. The van der Waals surface area contributed by atoms with Gasteiger partial charge in [0.1, 0.15) is 5.16 Å². The first-order chi connectivity index (χ1) is 8.40. The van der Waals surface area contributed by atoms with E-state index in [2.05, 4.69) is 15.0 Å². The van der Waals surface area contributed by atoms with Crippen molar-refractivity contribution in [2.75, 3.05) is 11.4 Å². The maximum Gasteiger partial charge on any atom is 0.310 e. The van der Waals surface area contributed by atoms with Crippen LogP contribution in [0.4, 0.5) is 19.0 Å². The van der Waals surface area contributed by atoms with Crippen molar-refractivity contribution in [2.24, 2.45) is 4.99 Å². The Morgan fingerprint density at radius 3 is 2.50 bits per heavy atom. The molecule has 0 aliphatic carbocycles. The summed E-state index contributed by atoms with van der Waals surface area (Å²) in [6.45, 7) is 2.81. The lowest BCUT2D eigenvalue weighted by atomic mass is 10.2. The van der Waals surface area contributed by atoms with Crippen LogP contribution < -0.4 is 4.90 Å². The van der Waals surface area contributed by atoms with Gasteiger partial charge >= 0.3 is 6.08 Å². The minimum absolute atomic E-state index is 0.00425. The lowest BCUT2D eigenvalue weighted by Gasteiger charge is -2.24. The average Bonchev–Trinajstić information content (AvgIpc) is 2.29. The summed E-state index contributed by atoms with van der Waals surface area (Å²) in [6.07, 6.45) is -2.17. The Morgan fingerprint density at radius 2 is 1.83 bits per heavy atom. The predicted molar refractivity (Wildman–Crippen MR) is 61.1 cm³/mol. The molecule has 0 amide bonds. The normalized spacial score (nSPS) is 16.1. The van der Waals surface area contributed by atoms with Gasteiger partial charge in [-0.2, -0.15) is 18.8 Å². The second-order valence-corrected chi connectivity index (χ2v) is 4.11. The van der Waals surface area contributed by atoms with Gasteiger partial charge in [0, 0.05) is 0 Å². The third-order valence-corrected chi connectivity index (χ3v) is 2.80. The van der Waals surface area contributed by atoms with Gasteiger partial charge in [0.25, 0.3) is 6.09 Å². The summed E-state index contributed by atoms with van der Waals surface area (Å²) in [4.78, 5) is 10.7. The molecule has 0 radical (unpaired) electrons. The number of halogens is 4. The number of aliphatic imine (C=N–C) groups is 1. The van der Waals surface area contributed by atoms with Gasteiger partial charge in [-0.05, 0) is 19.4 Å². The average molecular weight is 277 g/mol. The van der Waals surface area contributed by atoms with E-state index < -0.39 is 23.8 Å². The quantitative estimate of drug-likeness (QED) is 0.585. The second-order valence-electron chi connectivity index (χ2n) is 3.75. The summed E-state index contributed by atoms with van der Waals surface area (Å²) in [5, 5.41) is -0.00425. The molecule has 0 saturated heterocycles. The molecule has 96 valence electrons. The van der Waals surface area contributed by atoms with E-state index in [0.29, 0.717) is 5.57 Å². The predicted octanol–water partition coefficient (Wildman–Crippen LogP) is 2.68. The van der Waals surface area contributed by atoms with E-state index in [1.54, 1.807) is 6.92 Å². The molecule has 0 unspecified atom stereocenters. The smallest absolute Gasteiger partial charge is 0.280 e. The number of aromatic nitrogens is 2. The van der Waals surface area contributed by atoms with Gasteiger partial charge in [0.05, 0.1) is 12.2 Å². The summed E-state index contributed by atoms with van der Waals surface area (Å²) in [7, 11) is 0. The number of hydrogen-bond donors (Lipinski definition) is 0. The van der Waals surface area contributed by atoms with Gasteiger partial charge in [-0.3, -0.25) is 4.90 Å². The minimum Gasteiger partial charge on any atom is -0.280 e. The number of hydrogen-bond acceptors (Lipinski definition) is 4. The van der Waals surface area contributed by atoms with Crippen LogP contribution >= 0.6 is 11.6 Å². The van der Waals surface area contributed by atoms with Crippen LogP contribution in [-0.4, -0.2) is 22.6 Å². The van der Waals surface area contributed by atoms with Gasteiger partial charge in [-0.25, -0.2) is 9.37 Å². The van der Waals surface area contributed by atoms with Gasteiger partial charge in [-0.1, -0.05) is 11.6 Å². The van der Waals surface area contributed by atoms with E-state index in [-0.39, 0.29) is 17.4 Å². The zero-order valence-electron chi connectivity index (χ0n) is 9.51. The summed E-state index contributed by atoms with van der Waals surface area (Å²) < 4.78 is 40.4. The van der Waals surface area contributed by atoms with E-state index in [1.165, 1.54) is 6.92 Å². The summed E-state index contributed by atoms with van der Waals surface area (Å²) >= 11 is 5.64. The van der Waals surface area contributed by atoms with Crippen LogP contribution in [0.25, 0.3) is 0 Å². The molecule has 4 nitrogen and oxygen atoms in total. The molecule has 0 spiro atoms. The Kier molecular flexibility index (Phi) is 3.25. The fraction of sp³-hybridized carbons (Fsp3) is 0.300. The van der Waals surface area contributed by atoms with Crippen LogP contribution in [-0.2, 0) is 0 Å². The zero-order valence-corrected chi connectivity index (χ0v) is 10.3. The van der Waals surface area contributed by atoms with E-state index in [9.17, 15) is 13.2 Å². The summed E-state index contributed by atoms with van der Waals surface area (Å²) in [6, 6.07) is 0. The summed E-state index contributed by atoms with van der Waals surface area (Å²) in [5.41, 5.74) is 0.317. The Balaban J connectivity index is 2.49. The summed E-state index contributed by atoms with van der Waals surface area (Å²) in [5.74, 6) is -1.39. The Bertz CT molecular complexity index is 570. The van der Waals surface area contributed by atoms with Crippen LogP contribution in [0.2, 0.25) is 0 Å². The number of rotatable bonds is 1. The van der Waals surface area contributed by atoms with Crippen LogP contribution in [0.5, 0.6) is 0 Å². The highest BCUT2D eigenvalue weighted by atomic mass is 35.5. The largest absolute Gasteiger partial charge is 0.310 e. The molecule has 0 atom stereocenters. The lowest BCUT2D eigenvalue weighted by Crippen LogP contribution is -2.34. The van der Waals surface area contributed by atoms with Crippen molar-refractivity contribution in [1.29, 1.82) is 0 Å². The lowest BCUT2D eigenvalue weighted by molar-refractivity contribution is 0.507. The molecule has 1 aliphatic rings. The molecule has 0 saturated carbocycles. The van der Waals surface area contributed by atoms with Crippen molar-refractivity contribution in [2.45, 2.75) is 13.8 Å². The molecular weight excluding hydrogens is 269 g/mol. The maximum atomic E-state index is 13.8. The minimum atomic E-state index is -1.13. The van der Waals surface area contributed by atoms with Crippen LogP contribution in [0.1, 0.15) is 12.6 Å². The molecule has 8 heteroatoms. The molecule has 1 aromatic rings. The fourth-order valence-corrected chi connectivity index (χ4v) is 1.59. The number of anilines is 1. The van der Waals surface area contributed by atoms with Gasteiger partial charge < -0.3 is 0 Å². The highest BCUT2D eigenvalue weighted by Crippen LogP contribution is 2.26. The van der Waals surface area contributed by atoms with E-state index in [4.69, 9.17) is 11.6 Å². The highest BCUT2D eigenvalue weighted by Gasteiger charge is 2.26. The molecule has 0 N–H and O–H groups in total. The topological polar surface area (TPSA) is 41.4 Å². The molecule has 0 bridgehead atoms. The Labute approximate surface area is 106 Å². The van der Waals surface area contributed by atoms with Crippen molar-refractivity contribution in [3.8, 4) is 0 Å². The number of nitrogens with zero attached hydrogens (tertiary/aromatic N) is 4. The Morgan fingerprint density at radius 1 is 1.17 bits per heavy atom. The maximum absolute atomic E-state index is 13.8. The molecule has 1 aliphatic heterocycles. The van der Waals surface area contributed by atoms with Crippen LogP contribution in [0.15, 0.2) is 15.7 Å². The third kappa shape index (κ3) is 2.17. The van der Waals surface area contributed by atoms with Crippen LogP contribution in [0.3, 0.4) is 0 Å². The molecule has 1 aromatic heterocycles. The molecular formula is C10H8ClF3N4. The standard InChI is InChI=1S/C10H8ClF3N4/c1-4-3-18(10(14)16-7(4)11)8-6(12)5(2)15-9(13)17-8/h3H2,1-2H3. The van der Waals surface area contributed by atoms with Crippen molar-refractivity contribution in [3.63, 3.8) is 0 Å². The monoisotopic (exact) mass is 276 g/mol. The zero-order chi connectivity index (χ0) is 13.4. The first-order valence-electron chi connectivity index (χ1n) is 4.96. The molecule has 2 rings (SSSR count). The Hall–Kier alpha value is -1.63. The van der Waals surface area contributed by atoms with Crippen LogP contribution in [0, 0.1) is 18.8 Å². The number of aryl methyl sites for hydroxylation is 1.